The molecule has 0 aromatic heterocycles. The normalized spacial score (nSPS) is 26.1. The van der Waals surface area contributed by atoms with Crippen LogP contribution in [-0.2, 0) is 9.53 Å². The van der Waals surface area contributed by atoms with E-state index in [9.17, 15) is 4.79 Å². The second-order valence-corrected chi connectivity index (χ2v) is 7.25. The summed E-state index contributed by atoms with van der Waals surface area (Å²) in [4.78, 5) is 11.5. The van der Waals surface area contributed by atoms with Crippen molar-refractivity contribution in [1.82, 2.24) is 0 Å². The van der Waals surface area contributed by atoms with Crippen molar-refractivity contribution in [2.75, 3.05) is 6.61 Å². The number of unbranched alkanes of at least 4 members (excludes halogenated alkanes) is 2. The van der Waals surface area contributed by atoms with Gasteiger partial charge in [0.25, 0.3) is 0 Å². The van der Waals surface area contributed by atoms with Crippen LogP contribution in [0, 0.1) is 17.3 Å². The lowest BCUT2D eigenvalue weighted by Crippen LogP contribution is -2.28. The highest BCUT2D eigenvalue weighted by atomic mass is 16.5. The van der Waals surface area contributed by atoms with Gasteiger partial charge in [0.05, 0.1) is 6.61 Å². The molecule has 1 aliphatic rings. The fraction of sp³-hybridized carbons (Fsp3) is 0.941. The van der Waals surface area contributed by atoms with Gasteiger partial charge < -0.3 is 4.74 Å². The van der Waals surface area contributed by atoms with Crippen LogP contribution in [0.4, 0.5) is 0 Å². The molecule has 0 spiro atoms. The van der Waals surface area contributed by atoms with Gasteiger partial charge in [-0.3, -0.25) is 4.79 Å². The average Bonchev–Trinajstić information content (AvgIpc) is 2.26. The number of carbonyl (C=O) groups is 1. The van der Waals surface area contributed by atoms with E-state index in [4.69, 9.17) is 4.74 Å². The van der Waals surface area contributed by atoms with Crippen LogP contribution in [0.2, 0.25) is 0 Å². The highest BCUT2D eigenvalue weighted by Crippen LogP contribution is 2.42. The minimum Gasteiger partial charge on any atom is -0.466 e. The smallest absolute Gasteiger partial charge is 0.305 e. The fourth-order valence-corrected chi connectivity index (χ4v) is 3.69. The summed E-state index contributed by atoms with van der Waals surface area (Å²) in [6, 6.07) is 0. The van der Waals surface area contributed by atoms with Crippen molar-refractivity contribution in [2.24, 2.45) is 17.3 Å². The van der Waals surface area contributed by atoms with Gasteiger partial charge in [-0.1, -0.05) is 40.5 Å². The van der Waals surface area contributed by atoms with Gasteiger partial charge in [0.2, 0.25) is 0 Å². The predicted molar refractivity (Wildman–Crippen MR) is 80.0 cm³/mol. The molecule has 1 rings (SSSR count). The zero-order valence-electron chi connectivity index (χ0n) is 13.3. The third kappa shape index (κ3) is 6.98. The molecule has 1 fully saturated rings. The van der Waals surface area contributed by atoms with Crippen molar-refractivity contribution in [2.45, 2.75) is 79.1 Å². The molecule has 0 unspecified atom stereocenters. The van der Waals surface area contributed by atoms with Crippen LogP contribution in [0.15, 0.2) is 0 Å². The first-order chi connectivity index (χ1) is 8.93. The average molecular weight is 268 g/mol. The van der Waals surface area contributed by atoms with Crippen molar-refractivity contribution in [3.05, 3.63) is 0 Å². The zero-order valence-corrected chi connectivity index (χ0v) is 13.3. The highest BCUT2D eigenvalue weighted by Gasteiger charge is 2.31. The first-order valence-electron chi connectivity index (χ1n) is 8.08. The first-order valence-corrected chi connectivity index (χ1v) is 8.08. The molecule has 0 aliphatic heterocycles. The second kappa shape index (κ2) is 7.91. The molecule has 0 aromatic carbocycles. The summed E-state index contributed by atoms with van der Waals surface area (Å²) in [5, 5.41) is 0. The third-order valence-corrected chi connectivity index (χ3v) is 4.25. The molecule has 112 valence electrons. The Kier molecular flexibility index (Phi) is 6.88. The predicted octanol–water partition coefficient (Wildman–Crippen LogP) is 4.96. The van der Waals surface area contributed by atoms with E-state index in [0.29, 0.717) is 18.4 Å². The zero-order chi connectivity index (χ0) is 14.3. The summed E-state index contributed by atoms with van der Waals surface area (Å²) in [5.74, 6) is 1.55. The summed E-state index contributed by atoms with van der Waals surface area (Å²) in [6.07, 6.45) is 8.82. The molecule has 0 bridgehead atoms. The van der Waals surface area contributed by atoms with Crippen LogP contribution in [0.1, 0.15) is 79.1 Å². The van der Waals surface area contributed by atoms with Crippen molar-refractivity contribution in [1.29, 1.82) is 0 Å². The van der Waals surface area contributed by atoms with E-state index in [1.165, 1.54) is 19.3 Å². The summed E-state index contributed by atoms with van der Waals surface area (Å²) in [6.45, 7) is 9.86. The molecule has 0 N–H and O–H groups in total. The molecule has 2 nitrogen and oxygen atoms in total. The molecule has 0 aromatic rings. The monoisotopic (exact) mass is 268 g/mol. The molecule has 1 saturated carbocycles. The van der Waals surface area contributed by atoms with E-state index in [1.54, 1.807) is 0 Å². The SMILES string of the molecule is CCCCCC(=O)OCC[C@H]1C[C@@H](C)CC(C)(C)C1. The second-order valence-electron chi connectivity index (χ2n) is 7.25. The van der Waals surface area contributed by atoms with Gasteiger partial charge in [-0.2, -0.15) is 0 Å². The van der Waals surface area contributed by atoms with Crippen LogP contribution >= 0.6 is 0 Å². The quantitative estimate of drug-likeness (QED) is 0.482. The van der Waals surface area contributed by atoms with Gasteiger partial charge in [-0.25, -0.2) is 0 Å². The molecule has 1 aliphatic carbocycles. The summed E-state index contributed by atoms with van der Waals surface area (Å²) in [7, 11) is 0. The number of hydrogen-bond donors (Lipinski definition) is 0. The number of ether oxygens (including phenoxy) is 1. The van der Waals surface area contributed by atoms with Gasteiger partial charge in [-0.15, -0.1) is 0 Å². The Morgan fingerprint density at radius 2 is 2.00 bits per heavy atom. The summed E-state index contributed by atoms with van der Waals surface area (Å²) < 4.78 is 5.36. The number of esters is 1. The molecular weight excluding hydrogens is 236 g/mol. The van der Waals surface area contributed by atoms with E-state index in [0.717, 1.165) is 37.5 Å². The molecule has 2 heteroatoms. The first kappa shape index (κ1) is 16.5. The Bertz CT molecular complexity index is 270. The largest absolute Gasteiger partial charge is 0.466 e. The lowest BCUT2D eigenvalue weighted by atomic mass is 9.67. The minimum absolute atomic E-state index is 0.00318. The lowest BCUT2D eigenvalue weighted by molar-refractivity contribution is -0.144. The number of carbonyl (C=O) groups excluding carboxylic acids is 1. The van der Waals surface area contributed by atoms with Gasteiger partial charge in [-0.05, 0) is 49.4 Å². The van der Waals surface area contributed by atoms with Gasteiger partial charge in [0, 0.05) is 6.42 Å². The van der Waals surface area contributed by atoms with Crippen molar-refractivity contribution in [3.8, 4) is 0 Å². The Balaban J connectivity index is 2.16. The fourth-order valence-electron chi connectivity index (χ4n) is 3.69. The van der Waals surface area contributed by atoms with Crippen LogP contribution in [0.3, 0.4) is 0 Å². The highest BCUT2D eigenvalue weighted by molar-refractivity contribution is 5.69. The van der Waals surface area contributed by atoms with Gasteiger partial charge >= 0.3 is 5.97 Å². The van der Waals surface area contributed by atoms with Crippen LogP contribution in [-0.4, -0.2) is 12.6 Å². The minimum atomic E-state index is -0.00318. The molecule has 2 atom stereocenters. The maximum Gasteiger partial charge on any atom is 0.305 e. The standard InChI is InChI=1S/C17H32O2/c1-5-6-7-8-16(18)19-10-9-15-11-14(2)12-17(3,4)13-15/h14-15H,5-13H2,1-4H3/t14-,15+/m1/s1. The third-order valence-electron chi connectivity index (χ3n) is 4.25. The molecule has 19 heavy (non-hydrogen) atoms. The summed E-state index contributed by atoms with van der Waals surface area (Å²) in [5.41, 5.74) is 0.466. The van der Waals surface area contributed by atoms with E-state index in [2.05, 4.69) is 27.7 Å². The lowest BCUT2D eigenvalue weighted by Gasteiger charge is -2.39. The topological polar surface area (TPSA) is 26.3 Å². The van der Waals surface area contributed by atoms with E-state index < -0.39 is 0 Å². The van der Waals surface area contributed by atoms with E-state index in [1.807, 2.05) is 0 Å². The maximum atomic E-state index is 11.5. The summed E-state index contributed by atoms with van der Waals surface area (Å²) >= 11 is 0. The molecule has 0 amide bonds. The van der Waals surface area contributed by atoms with Crippen LogP contribution < -0.4 is 0 Å². The van der Waals surface area contributed by atoms with Crippen LogP contribution in [0.5, 0.6) is 0 Å². The Morgan fingerprint density at radius 1 is 1.26 bits per heavy atom. The molecular formula is C17H32O2. The van der Waals surface area contributed by atoms with Crippen molar-refractivity contribution < 1.29 is 9.53 Å². The molecule has 0 heterocycles. The maximum absolute atomic E-state index is 11.5. The van der Waals surface area contributed by atoms with Crippen LogP contribution in [0.25, 0.3) is 0 Å². The number of hydrogen-bond acceptors (Lipinski definition) is 2. The van der Waals surface area contributed by atoms with Crippen molar-refractivity contribution in [3.63, 3.8) is 0 Å². The van der Waals surface area contributed by atoms with Gasteiger partial charge in [0.15, 0.2) is 0 Å². The molecule has 0 saturated heterocycles. The molecule has 0 radical (unpaired) electrons. The van der Waals surface area contributed by atoms with Gasteiger partial charge in [0.1, 0.15) is 0 Å². The Labute approximate surface area is 119 Å². The Hall–Kier alpha value is -0.530. The number of rotatable bonds is 7. The van der Waals surface area contributed by atoms with Crippen molar-refractivity contribution >= 4 is 5.97 Å². The van der Waals surface area contributed by atoms with E-state index in [-0.39, 0.29) is 5.97 Å². The van der Waals surface area contributed by atoms with E-state index >= 15 is 0 Å². The Morgan fingerprint density at radius 3 is 2.63 bits per heavy atom.